The maximum Gasteiger partial charge on any atom is 0.407 e. The van der Waals surface area contributed by atoms with Gasteiger partial charge >= 0.3 is 12.7 Å². The lowest BCUT2D eigenvalue weighted by Crippen LogP contribution is -2.50. The number of morpholine rings is 1. The first-order valence-corrected chi connectivity index (χ1v) is 12.2. The average Bonchev–Trinajstić information content (AvgIpc) is 3.32. The van der Waals surface area contributed by atoms with Crippen molar-refractivity contribution >= 4 is 58.1 Å². The van der Waals surface area contributed by atoms with E-state index in [1.54, 1.807) is 0 Å². The Bertz CT molecular complexity index is 1170. The standard InChI is InChI=1S/C22H23ClF2N4O8S/c23-17-4-3-16(38-17)20(33)26-10-14(28-22(34)36-8-6-30)19(32)27-13-2-1-12(9-15(13)37-21(24)25)29-5-7-35-11-18(29)31/h1-4,9,14,21,30H,5-8,10-11H2,(H,26,33)(H,27,32)(H,28,34)/t14-/m1/s1. The van der Waals surface area contributed by atoms with Gasteiger partial charge in [-0.1, -0.05) is 11.6 Å². The van der Waals surface area contributed by atoms with Crippen LogP contribution in [0.25, 0.3) is 0 Å². The Labute approximate surface area is 223 Å². The summed E-state index contributed by atoms with van der Waals surface area (Å²) in [6.07, 6.45) is -1.07. The molecule has 38 heavy (non-hydrogen) atoms. The highest BCUT2D eigenvalue weighted by molar-refractivity contribution is 7.18. The van der Waals surface area contributed by atoms with Crippen molar-refractivity contribution in [1.82, 2.24) is 10.6 Å². The molecule has 206 valence electrons. The molecule has 1 aromatic heterocycles. The van der Waals surface area contributed by atoms with Gasteiger partial charge in [-0.05, 0) is 24.3 Å². The van der Waals surface area contributed by atoms with Crippen LogP contribution in [0.5, 0.6) is 5.75 Å². The molecule has 1 atom stereocenters. The minimum atomic E-state index is -3.25. The van der Waals surface area contributed by atoms with Crippen LogP contribution in [0, 0.1) is 0 Å². The fraction of sp³-hybridized carbons (Fsp3) is 0.364. The average molecular weight is 577 g/mol. The summed E-state index contributed by atoms with van der Waals surface area (Å²) in [5.41, 5.74) is 0.0581. The Balaban J connectivity index is 1.78. The van der Waals surface area contributed by atoms with Gasteiger partial charge in [0, 0.05) is 24.8 Å². The molecule has 4 N–H and O–H groups in total. The van der Waals surface area contributed by atoms with Crippen LogP contribution in [0.15, 0.2) is 30.3 Å². The molecule has 2 heterocycles. The molecule has 0 unspecified atom stereocenters. The lowest BCUT2D eigenvalue weighted by Gasteiger charge is -2.27. The number of anilines is 2. The van der Waals surface area contributed by atoms with Crippen molar-refractivity contribution in [2.45, 2.75) is 12.7 Å². The van der Waals surface area contributed by atoms with Crippen LogP contribution in [0.3, 0.4) is 0 Å². The van der Waals surface area contributed by atoms with E-state index in [1.807, 2.05) is 0 Å². The molecule has 12 nitrogen and oxygen atoms in total. The number of thiophene rings is 1. The molecule has 1 fully saturated rings. The monoisotopic (exact) mass is 576 g/mol. The Hall–Kier alpha value is -3.53. The number of halogens is 3. The molecule has 0 bridgehead atoms. The number of carbonyl (C=O) groups is 4. The molecular weight excluding hydrogens is 554 g/mol. The Morgan fingerprint density at radius 2 is 2.03 bits per heavy atom. The molecule has 0 spiro atoms. The van der Waals surface area contributed by atoms with Gasteiger partial charge in [0.25, 0.3) is 11.8 Å². The third-order valence-corrected chi connectivity index (χ3v) is 6.16. The van der Waals surface area contributed by atoms with E-state index in [9.17, 15) is 28.0 Å². The van der Waals surface area contributed by atoms with E-state index in [1.165, 1.54) is 29.2 Å². The number of hydrogen-bond acceptors (Lipinski definition) is 9. The second kappa shape index (κ2) is 13.9. The number of alkyl carbamates (subject to hydrolysis) is 1. The van der Waals surface area contributed by atoms with Crippen molar-refractivity contribution < 1.29 is 47.3 Å². The van der Waals surface area contributed by atoms with E-state index in [2.05, 4.69) is 20.7 Å². The van der Waals surface area contributed by atoms with Gasteiger partial charge in [0.1, 0.15) is 19.3 Å². The van der Waals surface area contributed by atoms with Crippen LogP contribution >= 0.6 is 22.9 Å². The predicted octanol–water partition coefficient (Wildman–Crippen LogP) is 1.82. The Kier molecular flexibility index (Phi) is 10.6. The zero-order chi connectivity index (χ0) is 27.7. The number of amides is 4. The van der Waals surface area contributed by atoms with Crippen molar-refractivity contribution in [2.75, 3.05) is 49.7 Å². The first-order chi connectivity index (χ1) is 18.2. The highest BCUT2D eigenvalue weighted by Crippen LogP contribution is 2.32. The van der Waals surface area contributed by atoms with E-state index in [0.29, 0.717) is 4.34 Å². The molecule has 1 aliphatic rings. The third kappa shape index (κ3) is 8.24. The highest BCUT2D eigenvalue weighted by atomic mass is 35.5. The van der Waals surface area contributed by atoms with E-state index >= 15 is 0 Å². The largest absolute Gasteiger partial charge is 0.447 e. The minimum Gasteiger partial charge on any atom is -0.447 e. The predicted molar refractivity (Wildman–Crippen MR) is 132 cm³/mol. The maximum atomic E-state index is 13.1. The zero-order valence-electron chi connectivity index (χ0n) is 19.6. The number of nitrogens with one attached hydrogen (secondary N) is 3. The van der Waals surface area contributed by atoms with Gasteiger partial charge in [0.15, 0.2) is 5.75 Å². The maximum absolute atomic E-state index is 13.1. The van der Waals surface area contributed by atoms with Crippen molar-refractivity contribution in [1.29, 1.82) is 0 Å². The molecular formula is C22H23ClF2N4O8S. The van der Waals surface area contributed by atoms with Crippen LogP contribution in [0.1, 0.15) is 9.67 Å². The molecule has 0 radical (unpaired) electrons. The minimum absolute atomic E-state index is 0.174. The second-order valence-electron chi connectivity index (χ2n) is 7.52. The van der Waals surface area contributed by atoms with Gasteiger partial charge in [-0.2, -0.15) is 8.78 Å². The molecule has 1 aliphatic heterocycles. The first-order valence-electron chi connectivity index (χ1n) is 11.0. The van der Waals surface area contributed by atoms with Crippen LogP contribution in [-0.2, 0) is 19.1 Å². The van der Waals surface area contributed by atoms with Crippen molar-refractivity contribution in [3.63, 3.8) is 0 Å². The number of alkyl halides is 2. The molecule has 2 aromatic rings. The van der Waals surface area contributed by atoms with Gasteiger partial charge in [0.2, 0.25) is 5.91 Å². The Morgan fingerprint density at radius 1 is 1.24 bits per heavy atom. The molecule has 0 saturated carbocycles. The van der Waals surface area contributed by atoms with E-state index < -0.39 is 49.5 Å². The fourth-order valence-corrected chi connectivity index (χ4v) is 4.20. The number of rotatable bonds is 11. The lowest BCUT2D eigenvalue weighted by atomic mass is 10.2. The number of nitrogens with zero attached hydrogens (tertiary/aromatic N) is 1. The van der Waals surface area contributed by atoms with E-state index in [4.69, 9.17) is 26.2 Å². The number of ether oxygens (including phenoxy) is 3. The number of aliphatic hydroxyl groups is 1. The number of aliphatic hydroxyl groups excluding tert-OH is 1. The summed E-state index contributed by atoms with van der Waals surface area (Å²) in [4.78, 5) is 51.1. The van der Waals surface area contributed by atoms with Gasteiger partial charge < -0.3 is 40.2 Å². The summed E-state index contributed by atoms with van der Waals surface area (Å²) in [7, 11) is 0. The van der Waals surface area contributed by atoms with Crippen LogP contribution in [0.2, 0.25) is 4.34 Å². The molecule has 3 rings (SSSR count). The number of benzene rings is 1. The summed E-state index contributed by atoms with van der Waals surface area (Å²) in [5.74, 6) is -2.32. The lowest BCUT2D eigenvalue weighted by molar-refractivity contribution is -0.125. The summed E-state index contributed by atoms with van der Waals surface area (Å²) >= 11 is 6.83. The zero-order valence-corrected chi connectivity index (χ0v) is 21.2. The number of hydrogen-bond donors (Lipinski definition) is 4. The smallest absolute Gasteiger partial charge is 0.407 e. The van der Waals surface area contributed by atoms with E-state index in [-0.39, 0.29) is 48.5 Å². The summed E-state index contributed by atoms with van der Waals surface area (Å²) in [5, 5.41) is 15.9. The molecule has 4 amide bonds. The fourth-order valence-electron chi connectivity index (χ4n) is 3.24. The molecule has 16 heteroatoms. The van der Waals surface area contributed by atoms with Crippen molar-refractivity contribution in [3.05, 3.63) is 39.5 Å². The molecule has 0 aliphatic carbocycles. The van der Waals surface area contributed by atoms with Crippen molar-refractivity contribution in [2.24, 2.45) is 0 Å². The quantitative estimate of drug-likeness (QED) is 0.316. The molecule has 1 saturated heterocycles. The summed E-state index contributed by atoms with van der Waals surface area (Å²) < 4.78 is 40.9. The third-order valence-electron chi connectivity index (χ3n) is 4.93. The van der Waals surface area contributed by atoms with Crippen LogP contribution in [-0.4, -0.2) is 81.1 Å². The summed E-state index contributed by atoms with van der Waals surface area (Å²) in [6, 6.07) is 5.37. The van der Waals surface area contributed by atoms with Crippen LogP contribution < -0.4 is 25.6 Å². The van der Waals surface area contributed by atoms with Gasteiger partial charge in [-0.15, -0.1) is 11.3 Å². The first kappa shape index (κ1) is 29.0. The topological polar surface area (TPSA) is 156 Å². The Morgan fingerprint density at radius 3 is 2.68 bits per heavy atom. The van der Waals surface area contributed by atoms with Gasteiger partial charge in [-0.3, -0.25) is 14.4 Å². The second-order valence-corrected chi connectivity index (χ2v) is 9.23. The normalized spacial score (nSPS) is 14.1. The SMILES string of the molecule is O=C(N[C@H](CNC(=O)c1ccc(Cl)s1)C(=O)Nc1ccc(N2CCOCC2=O)cc1OC(F)F)OCCO. The highest BCUT2D eigenvalue weighted by Gasteiger charge is 2.26. The van der Waals surface area contributed by atoms with Gasteiger partial charge in [0.05, 0.1) is 28.1 Å². The molecule has 1 aromatic carbocycles. The van der Waals surface area contributed by atoms with Crippen LogP contribution in [0.4, 0.5) is 25.0 Å². The van der Waals surface area contributed by atoms with Crippen molar-refractivity contribution in [3.8, 4) is 5.75 Å². The van der Waals surface area contributed by atoms with E-state index in [0.717, 1.165) is 17.4 Å². The number of carbonyl (C=O) groups excluding carboxylic acids is 4. The van der Waals surface area contributed by atoms with Gasteiger partial charge in [-0.25, -0.2) is 4.79 Å². The summed E-state index contributed by atoms with van der Waals surface area (Å²) in [6.45, 7) is -4.22.